The van der Waals surface area contributed by atoms with Crippen molar-refractivity contribution in [2.75, 3.05) is 7.11 Å². The number of phenols is 2. The molecule has 4 rings (SSSR count). The number of hydrogen-bond donors (Lipinski definition) is 2. The Morgan fingerprint density at radius 3 is 2.48 bits per heavy atom. The Kier molecular flexibility index (Phi) is 3.50. The quantitative estimate of drug-likeness (QED) is 0.600. The van der Waals surface area contributed by atoms with E-state index in [0.717, 1.165) is 11.1 Å². The van der Waals surface area contributed by atoms with E-state index in [2.05, 4.69) is 10.1 Å². The smallest absolute Gasteiger partial charge is 0.155 e. The monoisotopic (exact) mass is 333 g/mol. The molecule has 0 unspecified atom stereocenters. The highest BCUT2D eigenvalue weighted by molar-refractivity contribution is 5.84. The number of phenolic OH excluding ortho intramolecular Hbond substituents is 2. The maximum absolute atomic E-state index is 10.5. The fraction of sp³-hybridized carbons (Fsp3) is 0.0526. The maximum atomic E-state index is 10.5. The summed E-state index contributed by atoms with van der Waals surface area (Å²) < 4.78 is 6.85. The molecule has 0 saturated heterocycles. The second-order valence-corrected chi connectivity index (χ2v) is 5.55. The topological polar surface area (TPSA) is 79.9 Å². The molecular formula is C19H15N3O3. The first-order valence-corrected chi connectivity index (χ1v) is 7.67. The molecule has 0 atom stereocenters. The zero-order valence-corrected chi connectivity index (χ0v) is 13.4. The van der Waals surface area contributed by atoms with Crippen LogP contribution in [-0.2, 0) is 0 Å². The van der Waals surface area contributed by atoms with Gasteiger partial charge in [-0.3, -0.25) is 0 Å². The van der Waals surface area contributed by atoms with Gasteiger partial charge in [0.15, 0.2) is 5.65 Å². The van der Waals surface area contributed by atoms with Gasteiger partial charge in [0.05, 0.1) is 19.0 Å². The number of aromatic hydroxyl groups is 2. The van der Waals surface area contributed by atoms with Gasteiger partial charge in [0, 0.05) is 29.5 Å². The van der Waals surface area contributed by atoms with Gasteiger partial charge in [-0.1, -0.05) is 12.1 Å². The molecule has 0 aliphatic carbocycles. The fourth-order valence-corrected chi connectivity index (χ4v) is 2.82. The van der Waals surface area contributed by atoms with E-state index in [0.29, 0.717) is 22.7 Å². The van der Waals surface area contributed by atoms with Crippen molar-refractivity contribution in [1.29, 1.82) is 0 Å². The minimum Gasteiger partial charge on any atom is -0.508 e. The summed E-state index contributed by atoms with van der Waals surface area (Å²) in [5.41, 5.74) is 3.64. The van der Waals surface area contributed by atoms with Crippen molar-refractivity contribution in [3.8, 4) is 39.6 Å². The summed E-state index contributed by atoms with van der Waals surface area (Å²) in [6.07, 6.45) is 3.40. The molecule has 0 aliphatic rings. The first-order valence-electron chi connectivity index (χ1n) is 7.67. The molecule has 25 heavy (non-hydrogen) atoms. The number of nitrogens with zero attached hydrogens (tertiary/aromatic N) is 3. The first kappa shape index (κ1) is 15.0. The summed E-state index contributed by atoms with van der Waals surface area (Å²) >= 11 is 0. The molecule has 6 nitrogen and oxygen atoms in total. The molecule has 0 fully saturated rings. The van der Waals surface area contributed by atoms with Crippen molar-refractivity contribution in [1.82, 2.24) is 14.6 Å². The average molecular weight is 333 g/mol. The van der Waals surface area contributed by atoms with Crippen molar-refractivity contribution in [3.05, 3.63) is 60.9 Å². The zero-order valence-electron chi connectivity index (χ0n) is 13.4. The van der Waals surface area contributed by atoms with Gasteiger partial charge in [-0.15, -0.1) is 0 Å². The van der Waals surface area contributed by atoms with Gasteiger partial charge >= 0.3 is 0 Å². The van der Waals surface area contributed by atoms with Crippen LogP contribution in [0.4, 0.5) is 0 Å². The summed E-state index contributed by atoms with van der Waals surface area (Å²) in [7, 11) is 1.55. The maximum Gasteiger partial charge on any atom is 0.155 e. The van der Waals surface area contributed by atoms with Crippen LogP contribution in [0.15, 0.2) is 60.9 Å². The highest BCUT2D eigenvalue weighted by Crippen LogP contribution is 2.38. The van der Waals surface area contributed by atoms with E-state index in [9.17, 15) is 10.2 Å². The molecule has 6 heteroatoms. The highest BCUT2D eigenvalue weighted by atomic mass is 16.5. The Labute approximate surface area is 143 Å². The van der Waals surface area contributed by atoms with E-state index in [4.69, 9.17) is 4.74 Å². The third kappa shape index (κ3) is 2.53. The number of benzene rings is 2. The van der Waals surface area contributed by atoms with Crippen LogP contribution < -0.4 is 4.74 Å². The van der Waals surface area contributed by atoms with Gasteiger partial charge in [-0.2, -0.15) is 5.10 Å². The van der Waals surface area contributed by atoms with Crippen molar-refractivity contribution in [3.63, 3.8) is 0 Å². The summed E-state index contributed by atoms with van der Waals surface area (Å²) in [5, 5.41) is 24.4. The van der Waals surface area contributed by atoms with E-state index < -0.39 is 0 Å². The zero-order chi connectivity index (χ0) is 17.4. The average Bonchev–Trinajstić information content (AvgIpc) is 3.10. The summed E-state index contributed by atoms with van der Waals surface area (Å²) in [6, 6.07) is 13.7. The lowest BCUT2D eigenvalue weighted by molar-refractivity contribution is 0.408. The van der Waals surface area contributed by atoms with Gasteiger partial charge in [0.2, 0.25) is 0 Å². The van der Waals surface area contributed by atoms with Gasteiger partial charge < -0.3 is 14.9 Å². The Morgan fingerprint density at radius 2 is 1.76 bits per heavy atom. The Morgan fingerprint density at radius 1 is 0.960 bits per heavy atom. The SMILES string of the molecule is COc1ccc(-c2c(-c3ccc(O)cc3)cnc3ccnn23)c(O)c1. The molecule has 0 spiro atoms. The largest absolute Gasteiger partial charge is 0.508 e. The van der Waals surface area contributed by atoms with Crippen molar-refractivity contribution < 1.29 is 14.9 Å². The molecule has 124 valence electrons. The van der Waals surface area contributed by atoms with Crippen LogP contribution in [0.2, 0.25) is 0 Å². The molecule has 0 bridgehead atoms. The Hall–Kier alpha value is -3.54. The van der Waals surface area contributed by atoms with E-state index in [1.165, 1.54) is 0 Å². The van der Waals surface area contributed by atoms with E-state index in [1.807, 2.05) is 0 Å². The van der Waals surface area contributed by atoms with Crippen molar-refractivity contribution >= 4 is 5.65 Å². The summed E-state index contributed by atoms with van der Waals surface area (Å²) in [6.45, 7) is 0. The number of hydrogen-bond acceptors (Lipinski definition) is 5. The Bertz CT molecular complexity index is 1060. The van der Waals surface area contributed by atoms with Crippen LogP contribution >= 0.6 is 0 Å². The lowest BCUT2D eigenvalue weighted by Crippen LogP contribution is -2.00. The second-order valence-electron chi connectivity index (χ2n) is 5.55. The lowest BCUT2D eigenvalue weighted by Gasteiger charge is -2.14. The van der Waals surface area contributed by atoms with Crippen molar-refractivity contribution in [2.24, 2.45) is 0 Å². The van der Waals surface area contributed by atoms with Crippen LogP contribution in [0, 0.1) is 0 Å². The van der Waals surface area contributed by atoms with Crippen LogP contribution in [-0.4, -0.2) is 31.9 Å². The third-order valence-electron chi connectivity index (χ3n) is 4.05. The van der Waals surface area contributed by atoms with Gasteiger partial charge in [0.25, 0.3) is 0 Å². The normalized spacial score (nSPS) is 10.9. The summed E-state index contributed by atoms with van der Waals surface area (Å²) in [5.74, 6) is 0.839. The number of methoxy groups -OCH3 is 1. The molecule has 2 aromatic heterocycles. The molecule has 0 saturated carbocycles. The lowest BCUT2D eigenvalue weighted by atomic mass is 10.00. The van der Waals surface area contributed by atoms with Crippen LogP contribution in [0.25, 0.3) is 28.0 Å². The molecule has 2 N–H and O–H groups in total. The van der Waals surface area contributed by atoms with Crippen LogP contribution in [0.5, 0.6) is 17.2 Å². The predicted octanol–water partition coefficient (Wildman–Crippen LogP) is 3.48. The number of ether oxygens (including phenoxy) is 1. The molecule has 2 heterocycles. The number of rotatable bonds is 3. The molecule has 0 radical (unpaired) electrons. The summed E-state index contributed by atoms with van der Waals surface area (Å²) in [4.78, 5) is 4.42. The van der Waals surface area contributed by atoms with E-state index in [1.54, 1.807) is 72.5 Å². The first-order chi connectivity index (χ1) is 12.2. The molecule has 0 amide bonds. The number of fused-ring (bicyclic) bond motifs is 1. The number of aromatic nitrogens is 3. The molecule has 0 aliphatic heterocycles. The van der Waals surface area contributed by atoms with Crippen LogP contribution in [0.1, 0.15) is 0 Å². The predicted molar refractivity (Wildman–Crippen MR) is 93.7 cm³/mol. The van der Waals surface area contributed by atoms with E-state index >= 15 is 0 Å². The van der Waals surface area contributed by atoms with Gasteiger partial charge in [-0.05, 0) is 29.8 Å². The molecular weight excluding hydrogens is 318 g/mol. The van der Waals surface area contributed by atoms with Gasteiger partial charge in [0.1, 0.15) is 17.2 Å². The fourth-order valence-electron chi connectivity index (χ4n) is 2.82. The standard InChI is InChI=1S/C19H15N3O3/c1-25-14-6-7-15(17(24)10-14)19-16(12-2-4-13(23)5-3-12)11-20-18-8-9-21-22(18)19/h2-11,23-24H,1H3. The Balaban J connectivity index is 2.02. The van der Waals surface area contributed by atoms with Crippen molar-refractivity contribution in [2.45, 2.75) is 0 Å². The minimum atomic E-state index is 0.0855. The molecule has 2 aromatic carbocycles. The third-order valence-corrected chi connectivity index (χ3v) is 4.05. The minimum absolute atomic E-state index is 0.0855. The van der Waals surface area contributed by atoms with Crippen LogP contribution in [0.3, 0.4) is 0 Å². The highest BCUT2D eigenvalue weighted by Gasteiger charge is 2.17. The molecule has 4 aromatic rings. The van der Waals surface area contributed by atoms with Gasteiger partial charge in [-0.25, -0.2) is 9.50 Å². The van der Waals surface area contributed by atoms with E-state index in [-0.39, 0.29) is 11.5 Å². The second kappa shape index (κ2) is 5.83.